The number of hydrogen-bond donors (Lipinski definition) is 1. The van der Waals surface area contributed by atoms with Gasteiger partial charge in [0.25, 0.3) is 0 Å². The van der Waals surface area contributed by atoms with E-state index in [-0.39, 0.29) is 5.91 Å². The van der Waals surface area contributed by atoms with E-state index in [4.69, 9.17) is 9.72 Å². The number of likely N-dealkylation sites (N-methyl/N-ethyl adjacent to an activating group) is 1. The molecule has 166 valence electrons. The lowest BCUT2D eigenvalue weighted by Gasteiger charge is -2.33. The largest absolute Gasteiger partial charge is 0.493 e. The smallest absolute Gasteiger partial charge is 0.248 e. The topological polar surface area (TPSA) is 57.7 Å². The highest BCUT2D eigenvalue weighted by Crippen LogP contribution is 2.26. The molecule has 1 N–H and O–H groups in total. The molecule has 1 aromatic heterocycles. The van der Waals surface area contributed by atoms with Crippen molar-refractivity contribution in [3.05, 3.63) is 65.7 Å². The van der Waals surface area contributed by atoms with Crippen molar-refractivity contribution in [3.63, 3.8) is 0 Å². The van der Waals surface area contributed by atoms with Crippen LogP contribution in [0.5, 0.6) is 5.75 Å². The Kier molecular flexibility index (Phi) is 6.71. The molecule has 1 aliphatic rings. The Balaban J connectivity index is 1.48. The Morgan fingerprint density at radius 1 is 1.12 bits per heavy atom. The molecule has 6 heteroatoms. The van der Waals surface area contributed by atoms with Crippen LogP contribution in [0.25, 0.3) is 17.0 Å². The molecule has 3 aromatic rings. The fourth-order valence-electron chi connectivity index (χ4n) is 3.91. The summed E-state index contributed by atoms with van der Waals surface area (Å²) >= 11 is 0. The molecule has 0 radical (unpaired) electrons. The normalized spacial score (nSPS) is 14.8. The summed E-state index contributed by atoms with van der Waals surface area (Å²) in [7, 11) is 2.15. The van der Waals surface area contributed by atoms with Crippen molar-refractivity contribution in [1.29, 1.82) is 0 Å². The van der Waals surface area contributed by atoms with Crippen molar-refractivity contribution in [3.8, 4) is 5.75 Å². The van der Waals surface area contributed by atoms with E-state index in [1.165, 1.54) is 6.08 Å². The average molecular weight is 431 g/mol. The summed E-state index contributed by atoms with van der Waals surface area (Å²) < 4.78 is 5.61. The number of carbonyl (C=O) groups is 1. The van der Waals surface area contributed by atoms with Crippen LogP contribution in [-0.2, 0) is 4.79 Å². The highest BCUT2D eigenvalue weighted by atomic mass is 16.5. The number of aromatic nitrogens is 1. The van der Waals surface area contributed by atoms with Gasteiger partial charge in [-0.2, -0.15) is 0 Å². The minimum atomic E-state index is -0.185. The summed E-state index contributed by atoms with van der Waals surface area (Å²) in [5, 5.41) is 4.00. The van der Waals surface area contributed by atoms with Gasteiger partial charge in [-0.25, -0.2) is 4.98 Å². The summed E-state index contributed by atoms with van der Waals surface area (Å²) in [6.45, 7) is 8.69. The highest BCUT2D eigenvalue weighted by Gasteiger charge is 2.16. The SMILES string of the molecule is CCOc1ccccc1/C=C/C(=O)Nc1ccc2nc(N3CCN(C)CC3)cc(C)c2c1. The molecule has 0 atom stereocenters. The van der Waals surface area contributed by atoms with E-state index in [0.29, 0.717) is 6.61 Å². The highest BCUT2D eigenvalue weighted by molar-refractivity contribution is 6.03. The first-order chi connectivity index (χ1) is 15.5. The van der Waals surface area contributed by atoms with E-state index in [2.05, 4.69) is 35.2 Å². The number of carbonyl (C=O) groups excluding carboxylic acids is 1. The van der Waals surface area contributed by atoms with Crippen molar-refractivity contribution < 1.29 is 9.53 Å². The van der Waals surface area contributed by atoms with Crippen LogP contribution >= 0.6 is 0 Å². The van der Waals surface area contributed by atoms with Crippen molar-refractivity contribution in [2.24, 2.45) is 0 Å². The molecule has 6 nitrogen and oxygen atoms in total. The van der Waals surface area contributed by atoms with Gasteiger partial charge in [-0.1, -0.05) is 18.2 Å². The lowest BCUT2D eigenvalue weighted by Crippen LogP contribution is -2.44. The van der Waals surface area contributed by atoms with Gasteiger partial charge in [0.05, 0.1) is 12.1 Å². The fourth-order valence-corrected chi connectivity index (χ4v) is 3.91. The molecule has 1 fully saturated rings. The molecule has 0 bridgehead atoms. The van der Waals surface area contributed by atoms with Gasteiger partial charge in [0.15, 0.2) is 0 Å². The van der Waals surface area contributed by atoms with E-state index in [1.54, 1.807) is 6.08 Å². The summed E-state index contributed by atoms with van der Waals surface area (Å²) in [5.74, 6) is 1.61. The van der Waals surface area contributed by atoms with Gasteiger partial charge in [0.2, 0.25) is 5.91 Å². The Labute approximate surface area is 189 Å². The minimum absolute atomic E-state index is 0.185. The third-order valence-electron chi connectivity index (χ3n) is 5.73. The molecule has 2 heterocycles. The maximum Gasteiger partial charge on any atom is 0.248 e. The number of pyridine rings is 1. The molecule has 0 unspecified atom stereocenters. The second-order valence-corrected chi connectivity index (χ2v) is 8.11. The summed E-state index contributed by atoms with van der Waals surface area (Å²) in [4.78, 5) is 22.0. The van der Waals surface area contributed by atoms with Crippen molar-refractivity contribution in [2.45, 2.75) is 13.8 Å². The Bertz CT molecular complexity index is 1130. The van der Waals surface area contributed by atoms with Gasteiger partial charge in [-0.3, -0.25) is 4.79 Å². The number of benzene rings is 2. The van der Waals surface area contributed by atoms with E-state index in [9.17, 15) is 4.79 Å². The van der Waals surface area contributed by atoms with Crippen LogP contribution in [0.2, 0.25) is 0 Å². The van der Waals surface area contributed by atoms with E-state index in [0.717, 1.165) is 65.5 Å². The number of nitrogens with zero attached hydrogens (tertiary/aromatic N) is 3. The first-order valence-corrected chi connectivity index (χ1v) is 11.1. The average Bonchev–Trinajstić information content (AvgIpc) is 2.79. The molecule has 32 heavy (non-hydrogen) atoms. The number of anilines is 2. The Morgan fingerprint density at radius 3 is 2.69 bits per heavy atom. The van der Waals surface area contributed by atoms with Crippen LogP contribution in [0.1, 0.15) is 18.1 Å². The number of aryl methyl sites for hydroxylation is 1. The molecule has 1 amide bonds. The van der Waals surface area contributed by atoms with Gasteiger partial charge < -0.3 is 19.9 Å². The summed E-state index contributed by atoms with van der Waals surface area (Å²) in [5.41, 5.74) is 3.72. The molecule has 0 aliphatic carbocycles. The standard InChI is InChI=1S/C26H30N4O2/c1-4-32-24-8-6-5-7-20(24)9-12-26(31)27-21-10-11-23-22(18-21)19(2)17-25(28-23)30-15-13-29(3)14-16-30/h5-12,17-18H,4,13-16H2,1-3H3,(H,27,31)/b12-9+. The third-order valence-corrected chi connectivity index (χ3v) is 5.73. The molecule has 0 spiro atoms. The molecule has 4 rings (SSSR count). The zero-order valence-electron chi connectivity index (χ0n) is 19.0. The number of para-hydroxylation sites is 1. The van der Waals surface area contributed by atoms with E-state index >= 15 is 0 Å². The number of fused-ring (bicyclic) bond motifs is 1. The first kappa shape index (κ1) is 21.8. The first-order valence-electron chi connectivity index (χ1n) is 11.1. The van der Waals surface area contributed by atoms with Crippen LogP contribution in [0.15, 0.2) is 54.6 Å². The number of ether oxygens (including phenoxy) is 1. The predicted molar refractivity (Wildman–Crippen MR) is 131 cm³/mol. The summed E-state index contributed by atoms with van der Waals surface area (Å²) in [6.07, 6.45) is 3.31. The summed E-state index contributed by atoms with van der Waals surface area (Å²) in [6, 6.07) is 15.7. The molecule has 1 aliphatic heterocycles. The van der Waals surface area contributed by atoms with Gasteiger partial charge in [0, 0.05) is 48.9 Å². The predicted octanol–water partition coefficient (Wildman–Crippen LogP) is 4.35. The van der Waals surface area contributed by atoms with Crippen LogP contribution in [0.3, 0.4) is 0 Å². The lowest BCUT2D eigenvalue weighted by molar-refractivity contribution is -0.111. The van der Waals surface area contributed by atoms with Crippen LogP contribution in [0, 0.1) is 6.92 Å². The van der Waals surface area contributed by atoms with Gasteiger partial charge >= 0.3 is 0 Å². The van der Waals surface area contributed by atoms with Crippen LogP contribution in [0.4, 0.5) is 11.5 Å². The molecule has 0 saturated carbocycles. The third kappa shape index (κ3) is 5.08. The number of piperazine rings is 1. The number of amides is 1. The number of rotatable bonds is 6. The fraction of sp³-hybridized carbons (Fsp3) is 0.308. The van der Waals surface area contributed by atoms with Crippen LogP contribution < -0.4 is 15.0 Å². The Hall–Kier alpha value is -3.38. The monoisotopic (exact) mass is 430 g/mol. The van der Waals surface area contributed by atoms with Gasteiger partial charge in [0.1, 0.15) is 11.6 Å². The second kappa shape index (κ2) is 9.83. The Morgan fingerprint density at radius 2 is 1.91 bits per heavy atom. The zero-order valence-corrected chi connectivity index (χ0v) is 19.0. The van der Waals surface area contributed by atoms with Gasteiger partial charge in [-0.05, 0) is 62.9 Å². The molecule has 1 saturated heterocycles. The maximum atomic E-state index is 12.5. The minimum Gasteiger partial charge on any atom is -0.493 e. The van der Waals surface area contributed by atoms with Crippen LogP contribution in [-0.4, -0.2) is 55.6 Å². The van der Waals surface area contributed by atoms with E-state index in [1.807, 2.05) is 49.4 Å². The molecular weight excluding hydrogens is 400 g/mol. The number of hydrogen-bond acceptors (Lipinski definition) is 5. The van der Waals surface area contributed by atoms with E-state index < -0.39 is 0 Å². The maximum absolute atomic E-state index is 12.5. The molecule has 2 aromatic carbocycles. The van der Waals surface area contributed by atoms with Crippen molar-refractivity contribution in [2.75, 3.05) is 50.1 Å². The van der Waals surface area contributed by atoms with Crippen molar-refractivity contribution in [1.82, 2.24) is 9.88 Å². The van der Waals surface area contributed by atoms with Gasteiger partial charge in [-0.15, -0.1) is 0 Å². The lowest BCUT2D eigenvalue weighted by atomic mass is 10.1. The zero-order chi connectivity index (χ0) is 22.5. The van der Waals surface area contributed by atoms with Crippen molar-refractivity contribution >= 4 is 34.4 Å². The second-order valence-electron chi connectivity index (χ2n) is 8.11. The quantitative estimate of drug-likeness (QED) is 0.590. The molecular formula is C26H30N4O2. The number of nitrogens with one attached hydrogen (secondary N) is 1.